The molecule has 0 radical (unpaired) electrons. The number of nitrogens with two attached hydrogens (primary N) is 1. The predicted molar refractivity (Wildman–Crippen MR) is 125 cm³/mol. The molecule has 176 valence electrons. The topological polar surface area (TPSA) is 151 Å². The summed E-state index contributed by atoms with van der Waals surface area (Å²) in [5.41, 5.74) is 4.40. The molecule has 4 N–H and O–H groups in total. The van der Waals surface area contributed by atoms with E-state index in [-0.39, 0.29) is 16.5 Å². The molecule has 0 spiro atoms. The zero-order valence-electron chi connectivity index (χ0n) is 18.9. The van der Waals surface area contributed by atoms with Crippen LogP contribution < -0.4 is 10.5 Å². The van der Waals surface area contributed by atoms with Gasteiger partial charge in [0.05, 0.1) is 23.9 Å². The van der Waals surface area contributed by atoms with Crippen molar-refractivity contribution in [3.63, 3.8) is 0 Å². The number of rotatable bonds is 5. The van der Waals surface area contributed by atoms with Gasteiger partial charge in [-0.1, -0.05) is 0 Å². The van der Waals surface area contributed by atoms with Gasteiger partial charge in [0.15, 0.2) is 9.92 Å². The molecule has 0 saturated heterocycles. The summed E-state index contributed by atoms with van der Waals surface area (Å²) in [5.74, 6) is 0. The van der Waals surface area contributed by atoms with Gasteiger partial charge >= 0.3 is 6.03 Å². The van der Waals surface area contributed by atoms with Crippen molar-refractivity contribution in [3.8, 4) is 6.07 Å². The van der Waals surface area contributed by atoms with E-state index in [1.807, 2.05) is 0 Å². The third-order valence-electron chi connectivity index (χ3n) is 5.94. The molecule has 11 heteroatoms. The third-order valence-corrected chi connectivity index (χ3v) is 9.31. The van der Waals surface area contributed by atoms with Crippen molar-refractivity contribution in [2.45, 2.75) is 68.8 Å². The van der Waals surface area contributed by atoms with Crippen molar-refractivity contribution in [2.75, 3.05) is 12.4 Å². The van der Waals surface area contributed by atoms with Gasteiger partial charge < -0.3 is 15.2 Å². The summed E-state index contributed by atoms with van der Waals surface area (Å²) in [7, 11) is -2.18. The molecule has 2 aliphatic rings. The maximum absolute atomic E-state index is 13.3. The van der Waals surface area contributed by atoms with Crippen LogP contribution in [0.4, 0.5) is 10.5 Å². The number of fused-ring (bicyclic) bond motifs is 2. The molecule has 2 amide bonds. The Morgan fingerprint density at radius 1 is 1.27 bits per heavy atom. The van der Waals surface area contributed by atoms with Crippen molar-refractivity contribution >= 4 is 33.0 Å². The molecular formula is C22H27N5O4S2. The predicted octanol–water partition coefficient (Wildman–Crippen LogP) is 3.30. The lowest BCUT2D eigenvalue weighted by atomic mass is 9.93. The quantitative estimate of drug-likeness (QED) is 0.586. The highest BCUT2D eigenvalue weighted by Crippen LogP contribution is 2.41. The second-order valence-corrected chi connectivity index (χ2v) is 11.8. The normalized spacial score (nSPS) is 16.6. The number of anilines is 1. The Bertz CT molecular complexity index is 1260. The van der Waals surface area contributed by atoms with Gasteiger partial charge in [-0.3, -0.25) is 0 Å². The SMILES string of the molecule is COCc1nc(C(C)(C)O)sc1S(N)(=O)=NC(=O)Nc1c2c(c(C#N)c3c1CCC3)CCC2. The first-order valence-corrected chi connectivity index (χ1v) is 13.1. The molecule has 2 aromatic rings. The van der Waals surface area contributed by atoms with Crippen molar-refractivity contribution in [2.24, 2.45) is 9.50 Å². The van der Waals surface area contributed by atoms with Gasteiger partial charge in [0.2, 0.25) is 0 Å². The summed E-state index contributed by atoms with van der Waals surface area (Å²) in [6.45, 7) is 3.13. The first-order chi connectivity index (χ1) is 15.6. The van der Waals surface area contributed by atoms with Crippen LogP contribution in [0.5, 0.6) is 0 Å². The van der Waals surface area contributed by atoms with E-state index < -0.39 is 21.5 Å². The van der Waals surface area contributed by atoms with E-state index in [9.17, 15) is 19.4 Å². The summed E-state index contributed by atoms with van der Waals surface area (Å²) in [5, 5.41) is 29.2. The maximum Gasteiger partial charge on any atom is 0.354 e. The number of nitrogens with zero attached hydrogens (tertiary/aromatic N) is 3. The Kier molecular flexibility index (Phi) is 6.32. The lowest BCUT2D eigenvalue weighted by molar-refractivity contribution is 0.0776. The van der Waals surface area contributed by atoms with Crippen LogP contribution >= 0.6 is 11.3 Å². The van der Waals surface area contributed by atoms with Gasteiger partial charge in [-0.15, -0.1) is 15.7 Å². The second-order valence-electron chi connectivity index (χ2n) is 8.82. The monoisotopic (exact) mass is 489 g/mol. The van der Waals surface area contributed by atoms with Gasteiger partial charge in [0.25, 0.3) is 0 Å². The van der Waals surface area contributed by atoms with Crippen LogP contribution in [0.2, 0.25) is 0 Å². The van der Waals surface area contributed by atoms with Gasteiger partial charge in [-0.05, 0) is 74.6 Å². The average Bonchev–Trinajstić information content (AvgIpc) is 3.46. The fraction of sp³-hybridized carbons (Fsp3) is 0.500. The maximum atomic E-state index is 13.3. The molecule has 1 unspecified atom stereocenters. The van der Waals surface area contributed by atoms with Crippen LogP contribution in [-0.2, 0) is 52.5 Å². The number of nitriles is 1. The van der Waals surface area contributed by atoms with Crippen LogP contribution in [0.1, 0.15) is 65.2 Å². The first-order valence-electron chi connectivity index (χ1n) is 10.7. The van der Waals surface area contributed by atoms with Gasteiger partial charge in [0.1, 0.15) is 14.8 Å². The average molecular weight is 490 g/mol. The Hall–Kier alpha value is -2.36. The van der Waals surface area contributed by atoms with Crippen LogP contribution in [0, 0.1) is 11.3 Å². The van der Waals surface area contributed by atoms with Crippen molar-refractivity contribution < 1.29 is 18.8 Å². The summed E-state index contributed by atoms with van der Waals surface area (Å²) < 4.78 is 22.4. The third kappa shape index (κ3) is 4.41. The fourth-order valence-electron chi connectivity index (χ4n) is 4.59. The summed E-state index contributed by atoms with van der Waals surface area (Å²) in [4.78, 5) is 17.2. The Labute approximate surface area is 197 Å². The van der Waals surface area contributed by atoms with Crippen LogP contribution in [0.25, 0.3) is 0 Å². The van der Waals surface area contributed by atoms with Crippen molar-refractivity contribution in [3.05, 3.63) is 38.5 Å². The number of aliphatic hydroxyl groups is 1. The number of hydrogen-bond donors (Lipinski definition) is 3. The van der Waals surface area contributed by atoms with Gasteiger partial charge in [-0.2, -0.15) is 5.26 Å². The van der Waals surface area contributed by atoms with Crippen LogP contribution in [-0.4, -0.2) is 27.4 Å². The summed E-state index contributed by atoms with van der Waals surface area (Å²) >= 11 is 0.955. The standard InChI is InChI=1S/C22H27N5O4S2/c1-22(2,29)20-25-17(11-31-3)19(32-20)33(24,30)27-21(28)26-18-14-8-4-6-12(14)16(10-23)13-7-5-9-15(13)18/h29H,4-9,11H2,1-3H3,(H3,24,26,27,28,30). The molecule has 1 aromatic carbocycles. The second kappa shape index (κ2) is 8.77. The summed E-state index contributed by atoms with van der Waals surface area (Å²) in [6, 6.07) is 1.55. The number of urea groups is 1. The zero-order valence-corrected chi connectivity index (χ0v) is 20.5. The van der Waals surface area contributed by atoms with Crippen LogP contribution in [0.15, 0.2) is 8.57 Å². The number of methoxy groups -OCH3 is 1. The first kappa shape index (κ1) is 23.8. The smallest absolute Gasteiger partial charge is 0.354 e. The van der Waals surface area contributed by atoms with Crippen LogP contribution in [0.3, 0.4) is 0 Å². The molecule has 1 atom stereocenters. The van der Waals surface area contributed by atoms with E-state index >= 15 is 0 Å². The van der Waals surface area contributed by atoms with E-state index in [1.54, 1.807) is 13.8 Å². The number of ether oxygens (including phenoxy) is 1. The Morgan fingerprint density at radius 3 is 2.36 bits per heavy atom. The van der Waals surface area contributed by atoms with E-state index in [4.69, 9.17) is 9.88 Å². The molecule has 2 aliphatic carbocycles. The molecule has 33 heavy (non-hydrogen) atoms. The highest BCUT2D eigenvalue weighted by molar-refractivity contribution is 7.93. The molecule has 0 saturated carbocycles. The fourth-order valence-corrected chi connectivity index (χ4v) is 7.04. The minimum absolute atomic E-state index is 0.0177. The number of hydrogen-bond acceptors (Lipinski definition) is 7. The molecule has 0 bridgehead atoms. The van der Waals surface area contributed by atoms with E-state index in [1.165, 1.54) is 7.11 Å². The number of thiazole rings is 1. The molecule has 9 nitrogen and oxygen atoms in total. The van der Waals surface area contributed by atoms with E-state index in [0.717, 1.165) is 77.7 Å². The van der Waals surface area contributed by atoms with E-state index in [2.05, 4.69) is 20.7 Å². The lowest BCUT2D eigenvalue weighted by Gasteiger charge is -2.17. The largest absolute Gasteiger partial charge is 0.383 e. The molecule has 1 aromatic heterocycles. The molecular weight excluding hydrogens is 462 g/mol. The Balaban J connectivity index is 1.73. The number of amides is 2. The minimum Gasteiger partial charge on any atom is -0.383 e. The lowest BCUT2D eigenvalue weighted by Crippen LogP contribution is -2.19. The van der Waals surface area contributed by atoms with Gasteiger partial charge in [0, 0.05) is 12.8 Å². The van der Waals surface area contributed by atoms with Gasteiger partial charge in [-0.25, -0.2) is 19.1 Å². The van der Waals surface area contributed by atoms with Crippen molar-refractivity contribution in [1.82, 2.24) is 4.98 Å². The number of nitrogens with one attached hydrogen (secondary N) is 1. The van der Waals surface area contributed by atoms with Crippen molar-refractivity contribution in [1.29, 1.82) is 5.26 Å². The summed E-state index contributed by atoms with van der Waals surface area (Å²) in [6.07, 6.45) is 4.99. The number of aromatic nitrogens is 1. The Morgan fingerprint density at radius 2 is 1.85 bits per heavy atom. The molecule has 0 aliphatic heterocycles. The number of benzene rings is 1. The highest BCUT2D eigenvalue weighted by atomic mass is 32.2. The number of carbonyl (C=O) groups excluding carboxylic acids is 1. The molecule has 0 fully saturated rings. The molecule has 1 heterocycles. The molecule has 4 rings (SSSR count). The minimum atomic E-state index is -3.64. The van der Waals surface area contributed by atoms with E-state index in [0.29, 0.717) is 10.7 Å². The highest BCUT2D eigenvalue weighted by Gasteiger charge is 2.31. The zero-order chi connectivity index (χ0) is 24.0. The number of carbonyl (C=O) groups is 1.